The fraction of sp³-hybridized carbons (Fsp3) is 0.350. The first-order valence-electron chi connectivity index (χ1n) is 8.41. The largest absolute Gasteiger partial charge is 0.362 e. The highest BCUT2D eigenvalue weighted by molar-refractivity contribution is 5.87. The lowest BCUT2D eigenvalue weighted by molar-refractivity contribution is 0.346. The minimum atomic E-state index is -0.144. The molecule has 1 atom stereocenters. The number of aromatic nitrogens is 2. The summed E-state index contributed by atoms with van der Waals surface area (Å²) in [7, 11) is 0. The Hall–Kier alpha value is -2.29. The van der Waals surface area contributed by atoms with Crippen molar-refractivity contribution in [2.75, 3.05) is 5.32 Å². The van der Waals surface area contributed by atoms with Crippen LogP contribution in [0.4, 0.5) is 5.69 Å². The quantitative estimate of drug-likeness (QED) is 0.703. The van der Waals surface area contributed by atoms with E-state index in [9.17, 15) is 0 Å². The van der Waals surface area contributed by atoms with Crippen molar-refractivity contribution in [1.29, 1.82) is 0 Å². The summed E-state index contributed by atoms with van der Waals surface area (Å²) in [5.74, 6) is 1.08. The van der Waals surface area contributed by atoms with Crippen LogP contribution in [0.15, 0.2) is 36.4 Å². The second-order valence-electron chi connectivity index (χ2n) is 6.89. The van der Waals surface area contributed by atoms with E-state index in [4.69, 9.17) is 4.98 Å². The molecule has 0 saturated carbocycles. The average molecular weight is 305 g/mol. The Morgan fingerprint density at radius 1 is 1.13 bits per heavy atom. The van der Waals surface area contributed by atoms with Gasteiger partial charge in [-0.15, -0.1) is 0 Å². The molecule has 118 valence electrons. The van der Waals surface area contributed by atoms with Crippen LogP contribution in [0.1, 0.15) is 37.8 Å². The first kappa shape index (κ1) is 14.3. The van der Waals surface area contributed by atoms with Gasteiger partial charge in [0.1, 0.15) is 11.5 Å². The van der Waals surface area contributed by atoms with Gasteiger partial charge >= 0.3 is 0 Å². The van der Waals surface area contributed by atoms with E-state index in [-0.39, 0.29) is 5.66 Å². The number of imidazole rings is 1. The zero-order valence-corrected chi connectivity index (χ0v) is 14.3. The molecule has 1 aliphatic heterocycles. The lowest BCUT2D eigenvalue weighted by atomic mass is 9.99. The third-order valence-electron chi connectivity index (χ3n) is 5.07. The van der Waals surface area contributed by atoms with E-state index < -0.39 is 0 Å². The highest BCUT2D eigenvalue weighted by Crippen LogP contribution is 2.42. The van der Waals surface area contributed by atoms with Crippen molar-refractivity contribution in [3.63, 3.8) is 0 Å². The fourth-order valence-corrected chi connectivity index (χ4v) is 3.81. The van der Waals surface area contributed by atoms with Gasteiger partial charge in [0.05, 0.1) is 11.0 Å². The fourth-order valence-electron chi connectivity index (χ4n) is 3.81. The van der Waals surface area contributed by atoms with E-state index in [2.05, 4.69) is 74.0 Å². The lowest BCUT2D eigenvalue weighted by Gasteiger charge is -2.39. The van der Waals surface area contributed by atoms with Gasteiger partial charge < -0.3 is 9.88 Å². The molecule has 1 aromatic heterocycles. The first-order chi connectivity index (χ1) is 11.0. The Labute approximate surface area is 137 Å². The highest BCUT2D eigenvalue weighted by atomic mass is 15.3. The summed E-state index contributed by atoms with van der Waals surface area (Å²) >= 11 is 0. The predicted molar refractivity (Wildman–Crippen MR) is 96.8 cm³/mol. The van der Waals surface area contributed by atoms with Crippen molar-refractivity contribution in [1.82, 2.24) is 9.55 Å². The molecule has 3 heteroatoms. The summed E-state index contributed by atoms with van der Waals surface area (Å²) in [5, 5.41) is 3.77. The standard InChI is InChI=1S/C20H23N3/c1-5-10-20(4)22-16-9-7-6-8-15(16)19-21-17-11-13(2)14(3)12-18(17)23(19)20/h6-9,11-12,22H,5,10H2,1-4H3/t20-/m1/s1. The van der Waals surface area contributed by atoms with Crippen LogP contribution in [0.2, 0.25) is 0 Å². The van der Waals surface area contributed by atoms with Crippen LogP contribution >= 0.6 is 0 Å². The minimum absolute atomic E-state index is 0.144. The van der Waals surface area contributed by atoms with E-state index in [0.29, 0.717) is 0 Å². The molecular weight excluding hydrogens is 282 g/mol. The van der Waals surface area contributed by atoms with Crippen LogP contribution in [0.25, 0.3) is 22.4 Å². The van der Waals surface area contributed by atoms with Gasteiger partial charge in [-0.2, -0.15) is 0 Å². The summed E-state index contributed by atoms with van der Waals surface area (Å²) in [6.07, 6.45) is 2.18. The number of hydrogen-bond donors (Lipinski definition) is 1. The van der Waals surface area contributed by atoms with Gasteiger partial charge in [-0.3, -0.25) is 0 Å². The summed E-state index contributed by atoms with van der Waals surface area (Å²) in [6.45, 7) is 8.86. The molecule has 0 saturated heterocycles. The second-order valence-corrected chi connectivity index (χ2v) is 6.89. The van der Waals surface area contributed by atoms with Gasteiger partial charge in [-0.1, -0.05) is 25.5 Å². The van der Waals surface area contributed by atoms with Crippen molar-refractivity contribution in [2.45, 2.75) is 46.2 Å². The molecular formula is C20H23N3. The second kappa shape index (κ2) is 4.85. The molecule has 0 spiro atoms. The Balaban J connectivity index is 2.10. The smallest absolute Gasteiger partial charge is 0.145 e. The Kier molecular flexibility index (Phi) is 3.02. The van der Waals surface area contributed by atoms with E-state index in [1.54, 1.807) is 0 Å². The molecule has 2 aromatic carbocycles. The number of nitrogens with one attached hydrogen (secondary N) is 1. The molecule has 1 N–H and O–H groups in total. The Morgan fingerprint density at radius 3 is 2.65 bits per heavy atom. The first-order valence-corrected chi connectivity index (χ1v) is 8.41. The van der Waals surface area contributed by atoms with Crippen molar-refractivity contribution in [2.24, 2.45) is 0 Å². The Morgan fingerprint density at radius 2 is 1.87 bits per heavy atom. The molecule has 4 rings (SSSR count). The molecule has 2 heterocycles. The number of hydrogen-bond acceptors (Lipinski definition) is 2. The number of anilines is 1. The molecule has 0 aliphatic carbocycles. The van der Waals surface area contributed by atoms with Crippen LogP contribution in [-0.4, -0.2) is 9.55 Å². The number of fused-ring (bicyclic) bond motifs is 5. The van der Waals surface area contributed by atoms with Gasteiger partial charge in [0.15, 0.2) is 0 Å². The minimum Gasteiger partial charge on any atom is -0.362 e. The summed E-state index contributed by atoms with van der Waals surface area (Å²) in [6, 6.07) is 13.0. The van der Waals surface area contributed by atoms with Crippen molar-refractivity contribution in [3.05, 3.63) is 47.5 Å². The maximum atomic E-state index is 5.00. The normalized spacial score (nSPS) is 19.3. The van der Waals surface area contributed by atoms with Crippen molar-refractivity contribution >= 4 is 16.7 Å². The maximum Gasteiger partial charge on any atom is 0.145 e. The molecule has 3 aromatic rings. The molecule has 23 heavy (non-hydrogen) atoms. The zero-order chi connectivity index (χ0) is 16.2. The van der Waals surface area contributed by atoms with E-state index in [0.717, 1.165) is 24.2 Å². The van der Waals surface area contributed by atoms with Crippen molar-refractivity contribution in [3.8, 4) is 11.4 Å². The lowest BCUT2D eigenvalue weighted by Crippen LogP contribution is -2.41. The molecule has 0 amide bonds. The van der Waals surface area contributed by atoms with E-state index in [1.807, 2.05) is 0 Å². The summed E-state index contributed by atoms with van der Waals surface area (Å²) in [4.78, 5) is 5.00. The topological polar surface area (TPSA) is 29.9 Å². The third kappa shape index (κ3) is 1.99. The zero-order valence-electron chi connectivity index (χ0n) is 14.3. The van der Waals surface area contributed by atoms with Crippen LogP contribution in [-0.2, 0) is 5.66 Å². The number of benzene rings is 2. The van der Waals surface area contributed by atoms with Gasteiger partial charge in [0.25, 0.3) is 0 Å². The highest BCUT2D eigenvalue weighted by Gasteiger charge is 2.35. The van der Waals surface area contributed by atoms with Gasteiger partial charge in [0, 0.05) is 11.3 Å². The third-order valence-corrected chi connectivity index (χ3v) is 5.07. The van der Waals surface area contributed by atoms with Gasteiger partial charge in [-0.05, 0) is 62.6 Å². The Bertz CT molecular complexity index is 907. The molecule has 0 bridgehead atoms. The molecule has 3 nitrogen and oxygen atoms in total. The van der Waals surface area contributed by atoms with E-state index in [1.165, 1.54) is 27.9 Å². The number of para-hydroxylation sites is 1. The monoisotopic (exact) mass is 305 g/mol. The number of nitrogens with zero attached hydrogens (tertiary/aromatic N) is 2. The predicted octanol–water partition coefficient (Wildman–Crippen LogP) is 5.22. The van der Waals surface area contributed by atoms with Crippen molar-refractivity contribution < 1.29 is 0 Å². The summed E-state index contributed by atoms with van der Waals surface area (Å²) in [5.41, 5.74) is 7.15. The number of aryl methyl sites for hydroxylation is 2. The van der Waals surface area contributed by atoms with Crippen LogP contribution in [0, 0.1) is 13.8 Å². The average Bonchev–Trinajstić information content (AvgIpc) is 2.87. The van der Waals surface area contributed by atoms with Crippen LogP contribution in [0.5, 0.6) is 0 Å². The SMILES string of the molecule is CCC[C@]1(C)Nc2ccccc2-c2nc3cc(C)c(C)cc3n21. The van der Waals surface area contributed by atoms with Gasteiger partial charge in [0.2, 0.25) is 0 Å². The molecule has 0 fully saturated rings. The van der Waals surface area contributed by atoms with E-state index >= 15 is 0 Å². The molecule has 0 unspecified atom stereocenters. The van der Waals surface area contributed by atoms with Crippen LogP contribution < -0.4 is 5.32 Å². The molecule has 0 radical (unpaired) electrons. The summed E-state index contributed by atoms with van der Waals surface area (Å²) < 4.78 is 2.40. The maximum absolute atomic E-state index is 5.00. The number of rotatable bonds is 2. The van der Waals surface area contributed by atoms with Gasteiger partial charge in [-0.25, -0.2) is 4.98 Å². The molecule has 1 aliphatic rings. The van der Waals surface area contributed by atoms with Crippen LogP contribution in [0.3, 0.4) is 0 Å².